The van der Waals surface area contributed by atoms with Crippen molar-refractivity contribution in [3.63, 3.8) is 0 Å². The predicted molar refractivity (Wildman–Crippen MR) is 129 cm³/mol. The number of ether oxygens (including phenoxy) is 3. The van der Waals surface area contributed by atoms with Gasteiger partial charge in [-0.15, -0.1) is 0 Å². The fourth-order valence-electron chi connectivity index (χ4n) is 4.19. The average molecular weight is 433 g/mol. The second kappa shape index (κ2) is 9.61. The van der Waals surface area contributed by atoms with Crippen LogP contribution >= 0.6 is 0 Å². The maximum atomic E-state index is 6.16. The molecule has 1 unspecified atom stereocenters. The minimum Gasteiger partial charge on any atom is -0.497 e. The third-order valence-corrected chi connectivity index (χ3v) is 6.00. The number of nitrogens with zero attached hydrogens (tertiary/aromatic N) is 2. The van der Waals surface area contributed by atoms with Gasteiger partial charge >= 0.3 is 0 Å². The molecule has 0 radical (unpaired) electrons. The molecule has 2 aromatic carbocycles. The largest absolute Gasteiger partial charge is 0.497 e. The smallest absolute Gasteiger partial charge is 0.213 e. The van der Waals surface area contributed by atoms with E-state index in [9.17, 15) is 0 Å². The highest BCUT2D eigenvalue weighted by Crippen LogP contribution is 2.35. The molecule has 1 aliphatic rings. The molecule has 0 N–H and O–H groups in total. The van der Waals surface area contributed by atoms with Gasteiger partial charge in [0, 0.05) is 24.7 Å². The Labute approximate surface area is 191 Å². The Bertz CT molecular complexity index is 1060. The highest BCUT2D eigenvalue weighted by molar-refractivity contribution is 5.76. The lowest BCUT2D eigenvalue weighted by Gasteiger charge is -2.35. The summed E-state index contributed by atoms with van der Waals surface area (Å²) in [7, 11) is 3.36. The molecule has 0 spiro atoms. The number of rotatable bonds is 6. The molecule has 168 valence electrons. The van der Waals surface area contributed by atoms with Crippen LogP contribution in [-0.2, 0) is 4.74 Å². The summed E-state index contributed by atoms with van der Waals surface area (Å²) < 4.78 is 17.1. The Morgan fingerprint density at radius 2 is 1.78 bits per heavy atom. The van der Waals surface area contributed by atoms with Gasteiger partial charge in [0.1, 0.15) is 11.9 Å². The number of pyridine rings is 1. The second-order valence-corrected chi connectivity index (χ2v) is 8.59. The van der Waals surface area contributed by atoms with Crippen molar-refractivity contribution in [2.45, 2.75) is 32.8 Å². The molecule has 5 nitrogen and oxygen atoms in total. The normalized spacial score (nSPS) is 16.3. The van der Waals surface area contributed by atoms with Crippen molar-refractivity contribution in [1.82, 2.24) is 4.98 Å². The number of aryl methyl sites for hydroxylation is 1. The molecule has 5 heteroatoms. The van der Waals surface area contributed by atoms with Crippen molar-refractivity contribution >= 4 is 5.69 Å². The van der Waals surface area contributed by atoms with Crippen LogP contribution in [0.25, 0.3) is 11.3 Å². The highest BCUT2D eigenvalue weighted by atomic mass is 16.5. The first-order chi connectivity index (χ1) is 15.5. The standard InChI is InChI=1S/C27H32N2O3/c1-18(2)20-6-8-21(9-7-20)27-24(10-11-26(28-27)31-5)29-12-13-32-25(17-29)22-14-19(3)15-23(16-22)30-4/h6-11,14-16,18,25H,12-13,17H2,1-5H3. The van der Waals surface area contributed by atoms with Gasteiger partial charge in [0.15, 0.2) is 0 Å². The highest BCUT2D eigenvalue weighted by Gasteiger charge is 2.25. The van der Waals surface area contributed by atoms with Crippen molar-refractivity contribution in [1.29, 1.82) is 0 Å². The summed E-state index contributed by atoms with van der Waals surface area (Å²) in [5.74, 6) is 1.97. The number of aromatic nitrogens is 1. The van der Waals surface area contributed by atoms with E-state index in [1.165, 1.54) is 5.56 Å². The molecule has 1 aliphatic heterocycles. The number of benzene rings is 2. The van der Waals surface area contributed by atoms with Crippen molar-refractivity contribution < 1.29 is 14.2 Å². The van der Waals surface area contributed by atoms with Crippen LogP contribution in [0.1, 0.15) is 42.6 Å². The average Bonchev–Trinajstić information content (AvgIpc) is 2.83. The summed E-state index contributed by atoms with van der Waals surface area (Å²) in [5, 5.41) is 0. The summed E-state index contributed by atoms with van der Waals surface area (Å²) in [6.07, 6.45) is -0.0316. The fourth-order valence-corrected chi connectivity index (χ4v) is 4.19. The van der Waals surface area contributed by atoms with Gasteiger partial charge in [-0.2, -0.15) is 0 Å². The van der Waals surface area contributed by atoms with Gasteiger partial charge in [-0.25, -0.2) is 4.98 Å². The maximum Gasteiger partial charge on any atom is 0.213 e. The Morgan fingerprint density at radius 1 is 1.00 bits per heavy atom. The number of morpholine rings is 1. The number of hydrogen-bond acceptors (Lipinski definition) is 5. The molecule has 2 heterocycles. The third-order valence-electron chi connectivity index (χ3n) is 6.00. The van der Waals surface area contributed by atoms with Crippen LogP contribution in [-0.4, -0.2) is 38.9 Å². The number of anilines is 1. The van der Waals surface area contributed by atoms with E-state index >= 15 is 0 Å². The Morgan fingerprint density at radius 3 is 2.47 bits per heavy atom. The van der Waals surface area contributed by atoms with E-state index in [1.54, 1.807) is 14.2 Å². The van der Waals surface area contributed by atoms with Crippen LogP contribution in [0.5, 0.6) is 11.6 Å². The molecule has 32 heavy (non-hydrogen) atoms. The molecular weight excluding hydrogens is 400 g/mol. The Kier molecular flexibility index (Phi) is 6.66. The van der Waals surface area contributed by atoms with E-state index in [-0.39, 0.29) is 6.10 Å². The summed E-state index contributed by atoms with van der Waals surface area (Å²) in [5.41, 5.74) is 6.73. The Balaban J connectivity index is 1.67. The summed E-state index contributed by atoms with van der Waals surface area (Å²) in [6.45, 7) is 8.70. The van der Waals surface area contributed by atoms with Crippen LogP contribution in [0.15, 0.2) is 54.6 Å². The molecule has 1 fully saturated rings. The lowest BCUT2D eigenvalue weighted by atomic mass is 9.99. The molecule has 0 saturated carbocycles. The minimum atomic E-state index is -0.0316. The summed E-state index contributed by atoms with van der Waals surface area (Å²) in [4.78, 5) is 7.19. The topological polar surface area (TPSA) is 43.8 Å². The van der Waals surface area contributed by atoms with E-state index in [4.69, 9.17) is 19.2 Å². The van der Waals surface area contributed by atoms with E-state index < -0.39 is 0 Å². The predicted octanol–water partition coefficient (Wildman–Crippen LogP) is 5.78. The van der Waals surface area contributed by atoms with Gasteiger partial charge in [-0.3, -0.25) is 0 Å². The number of methoxy groups -OCH3 is 2. The number of hydrogen-bond donors (Lipinski definition) is 0. The fraction of sp³-hybridized carbons (Fsp3) is 0.370. The first-order valence-corrected chi connectivity index (χ1v) is 11.2. The van der Waals surface area contributed by atoms with Gasteiger partial charge in [0.2, 0.25) is 5.88 Å². The quantitative estimate of drug-likeness (QED) is 0.494. The van der Waals surface area contributed by atoms with E-state index in [0.717, 1.165) is 46.9 Å². The van der Waals surface area contributed by atoms with E-state index in [0.29, 0.717) is 18.4 Å². The molecule has 1 saturated heterocycles. The van der Waals surface area contributed by atoms with Gasteiger partial charge in [0.25, 0.3) is 0 Å². The SMILES string of the molecule is COc1cc(C)cc(C2CN(c3ccc(OC)nc3-c3ccc(C(C)C)cc3)CCO2)c1. The van der Waals surface area contributed by atoms with E-state index in [2.05, 4.69) is 68.1 Å². The van der Waals surface area contributed by atoms with Crippen LogP contribution in [0.4, 0.5) is 5.69 Å². The molecule has 3 aromatic rings. The van der Waals surface area contributed by atoms with Crippen molar-refractivity contribution in [2.75, 3.05) is 38.8 Å². The van der Waals surface area contributed by atoms with Gasteiger partial charge < -0.3 is 19.1 Å². The van der Waals surface area contributed by atoms with Crippen LogP contribution in [0, 0.1) is 6.92 Å². The zero-order valence-corrected chi connectivity index (χ0v) is 19.6. The lowest BCUT2D eigenvalue weighted by Crippen LogP contribution is -2.38. The first-order valence-electron chi connectivity index (χ1n) is 11.2. The van der Waals surface area contributed by atoms with Crippen LogP contribution < -0.4 is 14.4 Å². The zero-order chi connectivity index (χ0) is 22.7. The van der Waals surface area contributed by atoms with Crippen molar-refractivity contribution in [3.8, 4) is 22.9 Å². The molecular formula is C27H32N2O3. The molecule has 0 aliphatic carbocycles. The monoisotopic (exact) mass is 432 g/mol. The van der Waals surface area contributed by atoms with Gasteiger partial charge in [0.05, 0.1) is 32.2 Å². The molecule has 0 amide bonds. The van der Waals surface area contributed by atoms with Crippen LogP contribution in [0.2, 0.25) is 0 Å². The summed E-state index contributed by atoms with van der Waals surface area (Å²) >= 11 is 0. The van der Waals surface area contributed by atoms with Gasteiger partial charge in [-0.05, 0) is 47.7 Å². The maximum absolute atomic E-state index is 6.16. The molecule has 0 bridgehead atoms. The van der Waals surface area contributed by atoms with Crippen molar-refractivity contribution in [2.24, 2.45) is 0 Å². The van der Waals surface area contributed by atoms with Crippen LogP contribution in [0.3, 0.4) is 0 Å². The Hall–Kier alpha value is -3.05. The first kappa shape index (κ1) is 22.2. The van der Waals surface area contributed by atoms with Crippen molar-refractivity contribution in [3.05, 3.63) is 71.3 Å². The molecule has 4 rings (SSSR count). The van der Waals surface area contributed by atoms with Gasteiger partial charge in [-0.1, -0.05) is 44.2 Å². The lowest BCUT2D eigenvalue weighted by molar-refractivity contribution is 0.0396. The molecule has 1 atom stereocenters. The summed E-state index contributed by atoms with van der Waals surface area (Å²) in [6, 6.07) is 19.0. The third kappa shape index (κ3) is 4.73. The second-order valence-electron chi connectivity index (χ2n) is 8.59. The van der Waals surface area contributed by atoms with E-state index in [1.807, 2.05) is 12.1 Å². The zero-order valence-electron chi connectivity index (χ0n) is 19.6. The molecule has 1 aromatic heterocycles. The minimum absolute atomic E-state index is 0.0316.